The number of hydrogen-bond acceptors (Lipinski definition) is 25. The quantitative estimate of drug-likeness (QED) is 0.0177. The third kappa shape index (κ3) is 30.8. The minimum atomic E-state index is -0.878. The van der Waals surface area contributed by atoms with Crippen LogP contribution in [0, 0.1) is 47.3 Å². The lowest BCUT2D eigenvalue weighted by Gasteiger charge is -2.41. The Hall–Kier alpha value is -7.06. The number of rotatable bonds is 58. The van der Waals surface area contributed by atoms with Crippen molar-refractivity contribution < 1.29 is 81.2 Å². The van der Waals surface area contributed by atoms with E-state index < -0.39 is 96.7 Å². The van der Waals surface area contributed by atoms with Gasteiger partial charge in [-0.3, -0.25) is 48.2 Å². The van der Waals surface area contributed by atoms with E-state index in [0.717, 1.165) is 27.4 Å². The third-order valence-corrected chi connectivity index (χ3v) is 27.0. The van der Waals surface area contributed by atoms with Gasteiger partial charge < -0.3 is 83.7 Å². The summed E-state index contributed by atoms with van der Waals surface area (Å²) in [6.07, 6.45) is 3.63. The van der Waals surface area contributed by atoms with Crippen molar-refractivity contribution in [3.05, 3.63) is 92.7 Å². The maximum atomic E-state index is 15.0. The molecule has 704 valence electrons. The van der Waals surface area contributed by atoms with Crippen LogP contribution in [0.2, 0.25) is 0 Å². The van der Waals surface area contributed by atoms with Crippen LogP contribution in [0.3, 0.4) is 0 Å². The second-order valence-electron chi connectivity index (χ2n) is 35.2. The Balaban J connectivity index is 1.12. The van der Waals surface area contributed by atoms with Crippen LogP contribution >= 0.6 is 22.7 Å². The zero-order chi connectivity index (χ0) is 92.3. The highest BCUT2D eigenvalue weighted by Gasteiger charge is 2.47. The van der Waals surface area contributed by atoms with E-state index in [9.17, 15) is 38.4 Å². The SMILES string of the molecule is CC[C@H](C)[C@@H]([C@@H](CC(=O)N1CCC[C@H]1[C@H](OC)[C@@H](C)C(=O)N[C@@H](Cc1ccc(-c2csc([C@H](Cc3ccccc3)NC(=O)[C@H](C)[C@@H](OC)[C@@H]3CCCN3C(=O)C[C@@H](OC)[C@H]([C@@H](C)CC)N(C)C(=O)[C@@H](NC(=O)[C@H](C(C)C)N(C)CCOCCOCCON)C(C)C)n2)cc1)c1nccs1)OC)N(C)C(=O)[C@@H](NC(=O)[C@H](C(C)C)N(C)CCOCCON)C(C)C. The van der Waals surface area contributed by atoms with E-state index in [-0.39, 0.29) is 109 Å². The molecule has 2 saturated heterocycles. The molecule has 0 aliphatic carbocycles. The van der Waals surface area contributed by atoms with Gasteiger partial charge in [0.1, 0.15) is 22.1 Å². The average molecular weight is 1790 g/mol. The fourth-order valence-electron chi connectivity index (χ4n) is 17.8. The topological polar surface area (TPSA) is 365 Å². The molecule has 0 spiro atoms. The molecule has 8 amide bonds. The molecule has 31 nitrogen and oxygen atoms in total. The molecule has 0 saturated carbocycles. The molecule has 0 radical (unpaired) electrons. The highest BCUT2D eigenvalue weighted by molar-refractivity contribution is 7.10. The molecule has 8 N–H and O–H groups in total. The van der Waals surface area contributed by atoms with Gasteiger partial charge in [-0.2, -0.15) is 0 Å². The molecule has 33 heteroatoms. The Morgan fingerprint density at radius 1 is 0.496 bits per heavy atom. The van der Waals surface area contributed by atoms with Gasteiger partial charge in [0.25, 0.3) is 0 Å². The molecule has 4 heterocycles. The number of hydrogen-bond donors (Lipinski definition) is 6. The number of nitrogens with two attached hydrogens (primary N) is 2. The van der Waals surface area contributed by atoms with E-state index in [4.69, 9.17) is 49.9 Å². The van der Waals surface area contributed by atoms with Crippen LogP contribution < -0.4 is 33.1 Å². The summed E-state index contributed by atoms with van der Waals surface area (Å²) in [5, 5.41) is 18.2. The molecule has 2 aromatic heterocycles. The standard InChI is InChI=1S/C92H152N14O17S2/c1-23-61(11)81(104(18)92(114)78(58(5)6)100-88(112)80(60(9)10)102(16)42-44-120-47-49-122-93)73(115-19)54-75(107)105-39-28-32-71(105)83(117-21)63(13)85(109)96-68(89-95-38-51-124-89)53-66-34-36-67(37-35-66)70-56-125-90(98-70)69(52-65-30-26-25-27-31-65)97-86(110)64(14)84(118-22)72-33-29-40-106(72)76(108)55-74(116-20)82(62(12)24-2)103(17)91(113)77(57(3)4)99-87(111)79(59(7)8)101(15)41-43-119-45-46-121-48-50-123-94/h25-27,30-31,34-38,51,56-64,68-69,71-74,77-84H,23-24,28-29,32-33,39-50,52-55,93-94H2,1-22H3,(H,96,109)(H,97,110)(H,99,111)(H,100,112)/t61-,62-,63+,64+,68-,69-,71-,72-,73+,74+,77-,78-,79-,80-,81-,82-,83+,84+/m0/s1. The highest BCUT2D eigenvalue weighted by atomic mass is 32.1. The summed E-state index contributed by atoms with van der Waals surface area (Å²) in [7, 11) is 13.5. The molecule has 6 rings (SSSR count). The second-order valence-corrected chi connectivity index (χ2v) is 37.0. The summed E-state index contributed by atoms with van der Waals surface area (Å²) in [5.74, 6) is 5.85. The van der Waals surface area contributed by atoms with Crippen LogP contribution in [0.15, 0.2) is 71.6 Å². The second kappa shape index (κ2) is 54.4. The Labute approximate surface area is 752 Å². The van der Waals surface area contributed by atoms with Crippen molar-refractivity contribution in [2.75, 3.05) is 136 Å². The molecule has 2 aliphatic heterocycles. The van der Waals surface area contributed by atoms with Gasteiger partial charge in [0, 0.05) is 91.2 Å². The van der Waals surface area contributed by atoms with E-state index in [2.05, 4.69) is 35.9 Å². The Kier molecular flexibility index (Phi) is 46.5. The first kappa shape index (κ1) is 107. The third-order valence-electron chi connectivity index (χ3n) is 25.1. The number of nitrogens with zero attached hydrogens (tertiary/aromatic N) is 8. The van der Waals surface area contributed by atoms with Crippen LogP contribution in [-0.4, -0.2) is 295 Å². The van der Waals surface area contributed by atoms with Crippen molar-refractivity contribution in [3.8, 4) is 11.3 Å². The summed E-state index contributed by atoms with van der Waals surface area (Å²) in [4.78, 5) is 148. The van der Waals surface area contributed by atoms with E-state index in [1.165, 1.54) is 22.7 Å². The van der Waals surface area contributed by atoms with Crippen molar-refractivity contribution in [2.24, 2.45) is 59.1 Å². The van der Waals surface area contributed by atoms with Crippen LogP contribution in [0.1, 0.15) is 182 Å². The lowest BCUT2D eigenvalue weighted by atomic mass is 9.89. The number of amides is 8. The summed E-state index contributed by atoms with van der Waals surface area (Å²) in [6.45, 7) is 31.8. The molecule has 4 aromatic rings. The number of benzene rings is 2. The minimum Gasteiger partial charge on any atom is -0.379 e. The highest BCUT2D eigenvalue weighted by Crippen LogP contribution is 2.36. The summed E-state index contributed by atoms with van der Waals surface area (Å²) >= 11 is 2.90. The normalized spacial score (nSPS) is 18.4. The average Bonchev–Trinajstić information content (AvgIpc) is 1.75. The number of carbonyl (C=O) groups is 8. The Bertz CT molecular complexity index is 3850. The molecule has 0 bridgehead atoms. The van der Waals surface area contributed by atoms with Crippen LogP contribution in [0.25, 0.3) is 11.3 Å². The van der Waals surface area contributed by atoms with Gasteiger partial charge >= 0.3 is 0 Å². The van der Waals surface area contributed by atoms with Gasteiger partial charge in [-0.05, 0) is 99.3 Å². The lowest BCUT2D eigenvalue weighted by molar-refractivity contribution is -0.148. The monoisotopic (exact) mass is 1790 g/mol. The molecule has 2 aliphatic rings. The van der Waals surface area contributed by atoms with Gasteiger partial charge in [-0.15, -0.1) is 22.7 Å². The van der Waals surface area contributed by atoms with Crippen molar-refractivity contribution >= 4 is 69.9 Å². The Morgan fingerprint density at radius 3 is 1.28 bits per heavy atom. The van der Waals surface area contributed by atoms with Crippen molar-refractivity contribution in [3.63, 3.8) is 0 Å². The predicted octanol–water partition coefficient (Wildman–Crippen LogP) is 8.93. The fraction of sp³-hybridized carbons (Fsp3) is 0.717. The zero-order valence-electron chi connectivity index (χ0n) is 78.7. The largest absolute Gasteiger partial charge is 0.379 e. The molecule has 2 aromatic carbocycles. The molecule has 2 fully saturated rings. The molecule has 18 atom stereocenters. The predicted molar refractivity (Wildman–Crippen MR) is 486 cm³/mol. The molecular weight excluding hydrogens is 1640 g/mol. The lowest BCUT2D eigenvalue weighted by Crippen LogP contribution is -2.60. The zero-order valence-corrected chi connectivity index (χ0v) is 80.3. The van der Waals surface area contributed by atoms with Gasteiger partial charge in [0.05, 0.1) is 156 Å². The Morgan fingerprint density at radius 2 is 0.904 bits per heavy atom. The number of thiazole rings is 2. The first-order valence-corrected chi connectivity index (χ1v) is 46.6. The van der Waals surface area contributed by atoms with Crippen LogP contribution in [0.4, 0.5) is 0 Å². The number of aromatic nitrogens is 2. The number of nitrogens with one attached hydrogen (secondary N) is 4. The molecule has 125 heavy (non-hydrogen) atoms. The maximum absolute atomic E-state index is 15.0. The van der Waals surface area contributed by atoms with Crippen LogP contribution in [-0.2, 0) is 94.0 Å². The van der Waals surface area contributed by atoms with E-state index in [1.807, 2.05) is 196 Å². The number of likely N-dealkylation sites (N-methyl/N-ethyl adjacent to an activating group) is 4. The van der Waals surface area contributed by atoms with Gasteiger partial charge in [-0.1, -0.05) is 164 Å². The first-order chi connectivity index (χ1) is 59.7. The number of methoxy groups -OCH3 is 4. The number of carbonyl (C=O) groups excluding carboxylic acids is 8. The van der Waals surface area contributed by atoms with Gasteiger partial charge in [0.2, 0.25) is 47.3 Å². The molecule has 0 unspecified atom stereocenters. The van der Waals surface area contributed by atoms with E-state index in [0.29, 0.717) is 122 Å². The van der Waals surface area contributed by atoms with Crippen LogP contribution in [0.5, 0.6) is 0 Å². The fourth-order valence-corrected chi connectivity index (χ4v) is 19.4. The van der Waals surface area contributed by atoms with Crippen molar-refractivity contribution in [2.45, 2.75) is 246 Å². The van der Waals surface area contributed by atoms with Crippen molar-refractivity contribution in [1.82, 2.24) is 60.6 Å². The summed E-state index contributed by atoms with van der Waals surface area (Å²) in [5.41, 5.74) is 3.50. The summed E-state index contributed by atoms with van der Waals surface area (Å²) in [6, 6.07) is 12.1. The maximum Gasteiger partial charge on any atom is 0.245 e. The minimum absolute atomic E-state index is 0.0405. The number of ether oxygens (including phenoxy) is 7. The van der Waals surface area contributed by atoms with Gasteiger partial charge in [0.15, 0.2) is 0 Å². The smallest absolute Gasteiger partial charge is 0.245 e. The van der Waals surface area contributed by atoms with E-state index >= 15 is 0 Å². The number of likely N-dealkylation sites (tertiary alicyclic amines) is 2. The first-order valence-electron chi connectivity index (χ1n) is 44.9. The van der Waals surface area contributed by atoms with Crippen molar-refractivity contribution in [1.29, 1.82) is 0 Å². The summed E-state index contributed by atoms with van der Waals surface area (Å²) < 4.78 is 41.8. The van der Waals surface area contributed by atoms with E-state index in [1.54, 1.807) is 58.5 Å². The molecular formula is C92H152N14O17S2. The van der Waals surface area contributed by atoms with Gasteiger partial charge in [-0.25, -0.2) is 21.8 Å².